The lowest BCUT2D eigenvalue weighted by Crippen LogP contribution is -2.23. The van der Waals surface area contributed by atoms with Crippen molar-refractivity contribution in [3.05, 3.63) is 64.6 Å². The standard InChI is InChI=1S/C15H10F3N3O.H2/c16-15(17,18)9-6-7-11-12(8-9)21(14(22)20-13(11)19)10-4-2-1-3-5-10;/h1-8H,(H2,19,20,22);1H. The lowest BCUT2D eigenvalue weighted by Gasteiger charge is -2.13. The summed E-state index contributed by atoms with van der Waals surface area (Å²) in [6, 6.07) is 11.4. The number of hydrogen-bond acceptors (Lipinski definition) is 3. The van der Waals surface area contributed by atoms with E-state index in [-0.39, 0.29) is 18.1 Å². The minimum atomic E-state index is -4.51. The van der Waals surface area contributed by atoms with Crippen LogP contribution in [0.15, 0.2) is 53.3 Å². The van der Waals surface area contributed by atoms with E-state index < -0.39 is 17.4 Å². The van der Waals surface area contributed by atoms with Crippen LogP contribution in [0.1, 0.15) is 6.99 Å². The van der Waals surface area contributed by atoms with Gasteiger partial charge in [-0.05, 0) is 30.3 Å². The molecule has 0 saturated heterocycles. The number of aromatic nitrogens is 2. The monoisotopic (exact) mass is 307 g/mol. The second-order valence-corrected chi connectivity index (χ2v) is 4.68. The van der Waals surface area contributed by atoms with Gasteiger partial charge < -0.3 is 5.73 Å². The Morgan fingerprint density at radius 1 is 1.09 bits per heavy atom. The number of halogens is 3. The highest BCUT2D eigenvalue weighted by Gasteiger charge is 2.31. The fraction of sp³-hybridized carbons (Fsp3) is 0.0667. The van der Waals surface area contributed by atoms with Crippen LogP contribution in [0.4, 0.5) is 19.0 Å². The van der Waals surface area contributed by atoms with Gasteiger partial charge in [0, 0.05) is 6.81 Å². The number of nitrogens with zero attached hydrogens (tertiary/aromatic N) is 2. The van der Waals surface area contributed by atoms with Gasteiger partial charge in [-0.1, -0.05) is 18.2 Å². The molecule has 0 radical (unpaired) electrons. The summed E-state index contributed by atoms with van der Waals surface area (Å²) in [7, 11) is 0. The number of alkyl halides is 3. The van der Waals surface area contributed by atoms with E-state index in [0.29, 0.717) is 5.69 Å². The summed E-state index contributed by atoms with van der Waals surface area (Å²) in [6.07, 6.45) is -4.51. The van der Waals surface area contributed by atoms with Crippen molar-refractivity contribution >= 4 is 16.7 Å². The normalized spacial score (nSPS) is 11.8. The Hall–Kier alpha value is -2.83. The van der Waals surface area contributed by atoms with Crippen LogP contribution in [-0.2, 0) is 6.18 Å². The number of para-hydroxylation sites is 1. The zero-order chi connectivity index (χ0) is 15.9. The highest BCUT2D eigenvalue weighted by atomic mass is 19.4. The molecule has 114 valence electrons. The third-order valence-corrected chi connectivity index (χ3v) is 3.26. The van der Waals surface area contributed by atoms with E-state index in [1.165, 1.54) is 6.07 Å². The van der Waals surface area contributed by atoms with Crippen molar-refractivity contribution in [3.8, 4) is 5.69 Å². The first-order valence-corrected chi connectivity index (χ1v) is 6.33. The third-order valence-electron chi connectivity index (χ3n) is 3.26. The lowest BCUT2D eigenvalue weighted by molar-refractivity contribution is -0.137. The molecule has 3 rings (SSSR count). The predicted molar refractivity (Wildman–Crippen MR) is 78.9 cm³/mol. The topological polar surface area (TPSA) is 60.9 Å². The SMILES string of the molecule is Nc1nc(=O)n(-c2ccccc2)c2cc(C(F)(F)F)ccc12.[HH]. The summed E-state index contributed by atoms with van der Waals surface area (Å²) in [5, 5.41) is 0.288. The molecule has 0 unspecified atom stereocenters. The van der Waals surface area contributed by atoms with Gasteiger partial charge >= 0.3 is 11.9 Å². The van der Waals surface area contributed by atoms with Crippen LogP contribution in [0.5, 0.6) is 0 Å². The van der Waals surface area contributed by atoms with Gasteiger partial charge in [-0.3, -0.25) is 4.57 Å². The number of rotatable bonds is 1. The van der Waals surface area contributed by atoms with Crippen LogP contribution >= 0.6 is 0 Å². The molecule has 7 heteroatoms. The second kappa shape index (κ2) is 4.87. The van der Waals surface area contributed by atoms with Crippen LogP contribution in [-0.4, -0.2) is 9.55 Å². The first kappa shape index (κ1) is 14.1. The molecule has 1 aromatic heterocycles. The largest absolute Gasteiger partial charge is 0.416 e. The van der Waals surface area contributed by atoms with Gasteiger partial charge in [-0.15, -0.1) is 0 Å². The molecule has 0 fully saturated rings. The van der Waals surface area contributed by atoms with Crippen molar-refractivity contribution in [2.75, 3.05) is 5.73 Å². The first-order valence-electron chi connectivity index (χ1n) is 6.33. The van der Waals surface area contributed by atoms with Crippen LogP contribution in [0.3, 0.4) is 0 Å². The van der Waals surface area contributed by atoms with Gasteiger partial charge in [0.05, 0.1) is 16.8 Å². The average molecular weight is 307 g/mol. The number of fused-ring (bicyclic) bond motifs is 1. The molecule has 2 N–H and O–H groups in total. The summed E-state index contributed by atoms with van der Waals surface area (Å²) in [5.74, 6) is -0.0964. The number of nitrogens with two attached hydrogens (primary N) is 1. The molecule has 0 saturated carbocycles. The van der Waals surface area contributed by atoms with Gasteiger partial charge in [-0.2, -0.15) is 18.2 Å². The Labute approximate surface area is 124 Å². The van der Waals surface area contributed by atoms with Crippen molar-refractivity contribution in [1.29, 1.82) is 0 Å². The minimum absolute atomic E-state index is 0. The second-order valence-electron chi connectivity index (χ2n) is 4.68. The number of nitrogen functional groups attached to an aromatic ring is 1. The van der Waals surface area contributed by atoms with Crippen molar-refractivity contribution in [1.82, 2.24) is 9.55 Å². The molecule has 0 aliphatic carbocycles. The average Bonchev–Trinajstić information content (AvgIpc) is 2.47. The molecule has 22 heavy (non-hydrogen) atoms. The quantitative estimate of drug-likeness (QED) is 0.751. The molecule has 4 nitrogen and oxygen atoms in total. The molecule has 0 amide bonds. The Morgan fingerprint density at radius 2 is 1.77 bits per heavy atom. The van der Waals surface area contributed by atoms with Gasteiger partial charge in [0.15, 0.2) is 0 Å². The molecule has 0 aliphatic heterocycles. The molecular formula is C15H12F3N3O. The molecular weight excluding hydrogens is 295 g/mol. The molecule has 0 bridgehead atoms. The van der Waals surface area contributed by atoms with Gasteiger partial charge in [-0.25, -0.2) is 4.79 Å². The number of anilines is 1. The van der Waals surface area contributed by atoms with Crippen LogP contribution in [0.2, 0.25) is 0 Å². The molecule has 3 aromatic rings. The van der Waals surface area contributed by atoms with E-state index in [1.54, 1.807) is 30.3 Å². The summed E-state index contributed by atoms with van der Waals surface area (Å²) >= 11 is 0. The van der Waals surface area contributed by atoms with E-state index in [9.17, 15) is 18.0 Å². The van der Waals surface area contributed by atoms with Crippen LogP contribution < -0.4 is 11.4 Å². The lowest BCUT2D eigenvalue weighted by atomic mass is 10.1. The maximum atomic E-state index is 12.9. The molecule has 0 atom stereocenters. The van der Waals surface area contributed by atoms with Crippen molar-refractivity contribution in [2.45, 2.75) is 6.18 Å². The molecule has 1 heterocycles. The van der Waals surface area contributed by atoms with Crippen LogP contribution in [0.25, 0.3) is 16.6 Å². The maximum Gasteiger partial charge on any atom is 0.416 e. The summed E-state index contributed by atoms with van der Waals surface area (Å²) in [5.41, 5.74) is 4.57. The van der Waals surface area contributed by atoms with E-state index in [0.717, 1.165) is 16.7 Å². The van der Waals surface area contributed by atoms with Crippen molar-refractivity contribution < 1.29 is 14.6 Å². The minimum Gasteiger partial charge on any atom is -0.383 e. The van der Waals surface area contributed by atoms with E-state index >= 15 is 0 Å². The zero-order valence-corrected chi connectivity index (χ0v) is 11.1. The molecule has 0 spiro atoms. The van der Waals surface area contributed by atoms with E-state index in [1.807, 2.05) is 0 Å². The maximum absolute atomic E-state index is 12.9. The zero-order valence-electron chi connectivity index (χ0n) is 11.1. The Morgan fingerprint density at radius 3 is 2.41 bits per heavy atom. The summed E-state index contributed by atoms with van der Waals surface area (Å²) in [4.78, 5) is 15.8. The van der Waals surface area contributed by atoms with Gasteiger partial charge in [0.25, 0.3) is 0 Å². The number of hydrogen-bond donors (Lipinski definition) is 1. The predicted octanol–water partition coefficient (Wildman–Crippen LogP) is 3.23. The summed E-state index contributed by atoms with van der Waals surface area (Å²) in [6.45, 7) is 0. The molecule has 2 aromatic carbocycles. The smallest absolute Gasteiger partial charge is 0.383 e. The third kappa shape index (κ3) is 2.30. The Bertz CT molecular complexity index is 907. The Balaban J connectivity index is 0.00000192. The fourth-order valence-electron chi connectivity index (χ4n) is 2.25. The van der Waals surface area contributed by atoms with Gasteiger partial charge in [0.2, 0.25) is 0 Å². The van der Waals surface area contributed by atoms with E-state index in [4.69, 9.17) is 5.73 Å². The van der Waals surface area contributed by atoms with E-state index in [2.05, 4.69) is 4.98 Å². The first-order chi connectivity index (χ1) is 10.4. The highest BCUT2D eigenvalue weighted by molar-refractivity contribution is 5.89. The summed E-state index contributed by atoms with van der Waals surface area (Å²) < 4.78 is 39.9. The van der Waals surface area contributed by atoms with Crippen molar-refractivity contribution in [3.63, 3.8) is 0 Å². The number of benzene rings is 2. The Kier molecular flexibility index (Phi) is 3.13. The fourth-order valence-corrected chi connectivity index (χ4v) is 2.25. The molecule has 0 aliphatic rings. The van der Waals surface area contributed by atoms with Crippen molar-refractivity contribution in [2.24, 2.45) is 0 Å². The van der Waals surface area contributed by atoms with Gasteiger partial charge in [0.1, 0.15) is 5.82 Å². The highest BCUT2D eigenvalue weighted by Crippen LogP contribution is 2.32. The van der Waals surface area contributed by atoms with Crippen LogP contribution in [0, 0.1) is 0 Å².